The number of carbonyl (C=O) groups excluding carboxylic acids is 1. The van der Waals surface area contributed by atoms with E-state index in [1.807, 2.05) is 0 Å². The second-order valence-corrected chi connectivity index (χ2v) is 3.85. The number of rotatable bonds is 3. The fourth-order valence-electron chi connectivity index (χ4n) is 1.48. The standard InChI is InChI=1S/C13H13FN2O2/c1-9-4-5-10(14)7-12(9)16-13(17)15-8-11-3-2-6-18-11/h2-7H,8H2,1H3,(H2,15,16,17). The summed E-state index contributed by atoms with van der Waals surface area (Å²) in [6, 6.07) is 7.33. The summed E-state index contributed by atoms with van der Waals surface area (Å²) in [6.07, 6.45) is 1.53. The van der Waals surface area contributed by atoms with Crippen LogP contribution in [-0.4, -0.2) is 6.03 Å². The molecule has 1 aromatic heterocycles. The number of hydrogen-bond acceptors (Lipinski definition) is 2. The first kappa shape index (κ1) is 12.2. The summed E-state index contributed by atoms with van der Waals surface area (Å²) >= 11 is 0. The van der Waals surface area contributed by atoms with Gasteiger partial charge in [-0.2, -0.15) is 0 Å². The summed E-state index contributed by atoms with van der Waals surface area (Å²) in [7, 11) is 0. The highest BCUT2D eigenvalue weighted by molar-refractivity contribution is 5.89. The normalized spacial score (nSPS) is 10.1. The van der Waals surface area contributed by atoms with Crippen molar-refractivity contribution >= 4 is 11.7 Å². The zero-order valence-electron chi connectivity index (χ0n) is 9.87. The maximum atomic E-state index is 13.0. The molecule has 0 unspecified atom stereocenters. The number of furan rings is 1. The minimum absolute atomic E-state index is 0.285. The number of anilines is 1. The largest absolute Gasteiger partial charge is 0.467 e. The molecule has 18 heavy (non-hydrogen) atoms. The summed E-state index contributed by atoms with van der Waals surface area (Å²) in [5.41, 5.74) is 1.25. The monoisotopic (exact) mass is 248 g/mol. The Balaban J connectivity index is 1.92. The molecule has 5 heteroatoms. The van der Waals surface area contributed by atoms with Crippen molar-refractivity contribution in [3.05, 3.63) is 53.7 Å². The molecule has 0 aliphatic carbocycles. The highest BCUT2D eigenvalue weighted by atomic mass is 19.1. The van der Waals surface area contributed by atoms with Crippen LogP contribution in [0.5, 0.6) is 0 Å². The van der Waals surface area contributed by atoms with Crippen LogP contribution >= 0.6 is 0 Å². The van der Waals surface area contributed by atoms with Gasteiger partial charge in [-0.25, -0.2) is 9.18 Å². The molecule has 2 amide bonds. The number of halogens is 1. The van der Waals surface area contributed by atoms with Crippen molar-refractivity contribution in [2.75, 3.05) is 5.32 Å². The van der Waals surface area contributed by atoms with Crippen LogP contribution in [0, 0.1) is 12.7 Å². The molecular formula is C13H13FN2O2. The van der Waals surface area contributed by atoms with Crippen molar-refractivity contribution in [3.8, 4) is 0 Å². The molecule has 0 saturated heterocycles. The molecule has 94 valence electrons. The van der Waals surface area contributed by atoms with E-state index in [1.54, 1.807) is 25.1 Å². The lowest BCUT2D eigenvalue weighted by molar-refractivity contribution is 0.251. The van der Waals surface area contributed by atoms with Gasteiger partial charge >= 0.3 is 6.03 Å². The van der Waals surface area contributed by atoms with E-state index in [1.165, 1.54) is 18.4 Å². The van der Waals surface area contributed by atoms with Crippen LogP contribution in [0.25, 0.3) is 0 Å². The Morgan fingerprint density at radius 3 is 2.94 bits per heavy atom. The van der Waals surface area contributed by atoms with Gasteiger partial charge in [0.2, 0.25) is 0 Å². The van der Waals surface area contributed by atoms with Crippen LogP contribution in [0.15, 0.2) is 41.0 Å². The first-order valence-electron chi connectivity index (χ1n) is 5.48. The van der Waals surface area contributed by atoms with Gasteiger partial charge in [-0.05, 0) is 36.8 Å². The molecule has 2 rings (SSSR count). The second-order valence-electron chi connectivity index (χ2n) is 3.85. The lowest BCUT2D eigenvalue weighted by Crippen LogP contribution is -2.28. The Bertz CT molecular complexity index is 538. The molecule has 2 aromatic rings. The third kappa shape index (κ3) is 3.10. The van der Waals surface area contributed by atoms with Gasteiger partial charge in [0.25, 0.3) is 0 Å². The lowest BCUT2D eigenvalue weighted by Gasteiger charge is -2.09. The molecule has 0 radical (unpaired) electrons. The minimum Gasteiger partial charge on any atom is -0.467 e. The predicted octanol–water partition coefficient (Wildman–Crippen LogP) is 3.05. The number of nitrogens with one attached hydrogen (secondary N) is 2. The Labute approximate surface area is 104 Å². The summed E-state index contributed by atoms with van der Waals surface area (Å²) in [6.45, 7) is 2.08. The molecule has 0 bridgehead atoms. The van der Waals surface area contributed by atoms with Gasteiger partial charge in [-0.3, -0.25) is 0 Å². The Morgan fingerprint density at radius 2 is 2.22 bits per heavy atom. The van der Waals surface area contributed by atoms with Gasteiger partial charge in [-0.15, -0.1) is 0 Å². The molecule has 2 N–H and O–H groups in total. The number of carbonyl (C=O) groups is 1. The van der Waals surface area contributed by atoms with Crippen molar-refractivity contribution < 1.29 is 13.6 Å². The van der Waals surface area contributed by atoms with E-state index >= 15 is 0 Å². The zero-order valence-corrected chi connectivity index (χ0v) is 9.87. The van der Waals surface area contributed by atoms with Crippen molar-refractivity contribution in [1.29, 1.82) is 0 Å². The fraction of sp³-hybridized carbons (Fsp3) is 0.154. The van der Waals surface area contributed by atoms with Crippen molar-refractivity contribution in [3.63, 3.8) is 0 Å². The van der Waals surface area contributed by atoms with Crippen LogP contribution in [0.2, 0.25) is 0 Å². The van der Waals surface area contributed by atoms with Crippen LogP contribution in [0.1, 0.15) is 11.3 Å². The zero-order chi connectivity index (χ0) is 13.0. The molecule has 1 aromatic carbocycles. The highest BCUT2D eigenvalue weighted by Crippen LogP contribution is 2.15. The molecule has 1 heterocycles. The van der Waals surface area contributed by atoms with Gasteiger partial charge in [0, 0.05) is 5.69 Å². The van der Waals surface area contributed by atoms with Gasteiger partial charge in [0.05, 0.1) is 12.8 Å². The van der Waals surface area contributed by atoms with E-state index in [-0.39, 0.29) is 12.4 Å². The van der Waals surface area contributed by atoms with Crippen LogP contribution in [-0.2, 0) is 6.54 Å². The van der Waals surface area contributed by atoms with Crippen LogP contribution < -0.4 is 10.6 Å². The molecule has 0 fully saturated rings. The average molecular weight is 248 g/mol. The predicted molar refractivity (Wildman–Crippen MR) is 65.7 cm³/mol. The number of urea groups is 1. The van der Waals surface area contributed by atoms with Gasteiger partial charge < -0.3 is 15.1 Å². The average Bonchev–Trinajstić information content (AvgIpc) is 2.84. The number of hydrogen-bond donors (Lipinski definition) is 2. The van der Waals surface area contributed by atoms with E-state index in [9.17, 15) is 9.18 Å². The summed E-state index contributed by atoms with van der Waals surface area (Å²) in [4.78, 5) is 11.6. The van der Waals surface area contributed by atoms with E-state index in [4.69, 9.17) is 4.42 Å². The molecular weight excluding hydrogens is 235 g/mol. The summed E-state index contributed by atoms with van der Waals surface area (Å²) in [5.74, 6) is 0.267. The number of amides is 2. The van der Waals surface area contributed by atoms with Crippen molar-refractivity contribution in [2.45, 2.75) is 13.5 Å². The van der Waals surface area contributed by atoms with Gasteiger partial charge in [0.15, 0.2) is 0 Å². The third-order valence-corrected chi connectivity index (χ3v) is 2.45. The highest BCUT2D eigenvalue weighted by Gasteiger charge is 2.06. The number of benzene rings is 1. The molecule has 4 nitrogen and oxygen atoms in total. The lowest BCUT2D eigenvalue weighted by atomic mass is 10.2. The van der Waals surface area contributed by atoms with E-state index in [0.29, 0.717) is 11.4 Å². The van der Waals surface area contributed by atoms with E-state index < -0.39 is 6.03 Å². The van der Waals surface area contributed by atoms with Crippen molar-refractivity contribution in [1.82, 2.24) is 5.32 Å². The first-order chi connectivity index (χ1) is 8.65. The van der Waals surface area contributed by atoms with E-state index in [2.05, 4.69) is 10.6 Å². The Kier molecular flexibility index (Phi) is 3.62. The SMILES string of the molecule is Cc1ccc(F)cc1NC(=O)NCc1ccco1. The van der Waals surface area contributed by atoms with E-state index in [0.717, 1.165) is 5.56 Å². The molecule has 0 saturated carbocycles. The Hall–Kier alpha value is -2.30. The second kappa shape index (κ2) is 5.35. The van der Waals surface area contributed by atoms with Crippen molar-refractivity contribution in [2.24, 2.45) is 0 Å². The topological polar surface area (TPSA) is 54.3 Å². The molecule has 0 aliphatic heterocycles. The molecule has 0 spiro atoms. The smallest absolute Gasteiger partial charge is 0.319 e. The third-order valence-electron chi connectivity index (χ3n) is 2.45. The molecule has 0 aliphatic rings. The van der Waals surface area contributed by atoms with Gasteiger partial charge in [-0.1, -0.05) is 6.07 Å². The van der Waals surface area contributed by atoms with Gasteiger partial charge in [0.1, 0.15) is 11.6 Å². The van der Waals surface area contributed by atoms with Crippen LogP contribution in [0.4, 0.5) is 14.9 Å². The maximum Gasteiger partial charge on any atom is 0.319 e. The maximum absolute atomic E-state index is 13.0. The Morgan fingerprint density at radius 1 is 1.39 bits per heavy atom. The first-order valence-corrected chi connectivity index (χ1v) is 5.48. The molecule has 0 atom stereocenters. The van der Waals surface area contributed by atoms with Crippen LogP contribution in [0.3, 0.4) is 0 Å². The quantitative estimate of drug-likeness (QED) is 0.877. The fourth-order valence-corrected chi connectivity index (χ4v) is 1.48. The minimum atomic E-state index is -0.403. The summed E-state index contributed by atoms with van der Waals surface area (Å²) in [5, 5.41) is 5.20. The summed E-state index contributed by atoms with van der Waals surface area (Å²) < 4.78 is 18.1. The number of aryl methyl sites for hydroxylation is 1.